The van der Waals surface area contributed by atoms with Crippen LogP contribution in [0.3, 0.4) is 0 Å². The molecule has 0 saturated carbocycles. The number of pyridine rings is 1. The van der Waals surface area contributed by atoms with Crippen molar-refractivity contribution in [2.75, 3.05) is 12.4 Å². The maximum atomic E-state index is 12.3. The Morgan fingerprint density at radius 3 is 2.42 bits per heavy atom. The lowest BCUT2D eigenvalue weighted by atomic mass is 10.1. The third kappa shape index (κ3) is 5.00. The fourth-order valence-electron chi connectivity index (χ4n) is 2.23. The number of nitrogens with one attached hydrogen (secondary N) is 1. The predicted octanol–water partition coefficient (Wildman–Crippen LogP) is 5.29. The maximum absolute atomic E-state index is 12.3. The van der Waals surface area contributed by atoms with E-state index in [1.807, 2.05) is 48.5 Å². The van der Waals surface area contributed by atoms with Crippen LogP contribution in [0, 0.1) is 0 Å². The standard InChI is InChI=1S/C20H17ClN2O2S/c1-25-19-11-8-17(12-22-19)23-20(24)15-4-2-14(3-5-15)13-26-18-9-6-16(21)7-10-18/h2-12H,13H2,1H3,(H,23,24). The number of ether oxygens (including phenoxy) is 1. The second-order valence-electron chi connectivity index (χ2n) is 5.48. The number of carbonyl (C=O) groups is 1. The van der Waals surface area contributed by atoms with Crippen LogP contribution in [-0.4, -0.2) is 18.0 Å². The molecular formula is C20H17ClN2O2S. The highest BCUT2D eigenvalue weighted by molar-refractivity contribution is 7.98. The molecule has 0 radical (unpaired) electrons. The predicted molar refractivity (Wildman–Crippen MR) is 106 cm³/mol. The van der Waals surface area contributed by atoms with Crippen molar-refractivity contribution in [3.8, 4) is 5.88 Å². The number of carbonyl (C=O) groups excluding carboxylic acids is 1. The molecule has 0 fully saturated rings. The fraction of sp³-hybridized carbons (Fsp3) is 0.100. The minimum atomic E-state index is -0.172. The highest BCUT2D eigenvalue weighted by Crippen LogP contribution is 2.24. The van der Waals surface area contributed by atoms with Crippen molar-refractivity contribution in [3.63, 3.8) is 0 Å². The number of methoxy groups -OCH3 is 1. The Kier molecular flexibility index (Phi) is 6.15. The SMILES string of the molecule is COc1ccc(NC(=O)c2ccc(CSc3ccc(Cl)cc3)cc2)cn1. The lowest BCUT2D eigenvalue weighted by molar-refractivity contribution is 0.102. The first kappa shape index (κ1) is 18.3. The number of hydrogen-bond donors (Lipinski definition) is 1. The Labute approximate surface area is 161 Å². The van der Waals surface area contributed by atoms with Gasteiger partial charge in [-0.05, 0) is 48.0 Å². The number of benzene rings is 2. The molecule has 132 valence electrons. The van der Waals surface area contributed by atoms with E-state index in [9.17, 15) is 4.79 Å². The van der Waals surface area contributed by atoms with E-state index in [1.165, 1.54) is 0 Å². The number of aromatic nitrogens is 1. The van der Waals surface area contributed by atoms with Gasteiger partial charge in [-0.2, -0.15) is 0 Å². The normalized spacial score (nSPS) is 10.4. The van der Waals surface area contributed by atoms with Gasteiger partial charge in [0, 0.05) is 27.3 Å². The van der Waals surface area contributed by atoms with Gasteiger partial charge in [0.15, 0.2) is 0 Å². The summed E-state index contributed by atoms with van der Waals surface area (Å²) in [6.45, 7) is 0. The quantitative estimate of drug-likeness (QED) is 0.587. The minimum absolute atomic E-state index is 0.172. The van der Waals surface area contributed by atoms with Gasteiger partial charge in [0.05, 0.1) is 19.0 Å². The molecule has 1 aromatic heterocycles. The van der Waals surface area contributed by atoms with Gasteiger partial charge in [-0.3, -0.25) is 4.79 Å². The number of anilines is 1. The molecule has 1 amide bonds. The topological polar surface area (TPSA) is 51.2 Å². The molecule has 2 aromatic carbocycles. The molecule has 26 heavy (non-hydrogen) atoms. The first-order valence-corrected chi connectivity index (χ1v) is 9.29. The first-order chi connectivity index (χ1) is 12.6. The van der Waals surface area contributed by atoms with Crippen LogP contribution in [0.4, 0.5) is 5.69 Å². The average molecular weight is 385 g/mol. The van der Waals surface area contributed by atoms with Gasteiger partial charge >= 0.3 is 0 Å². The summed E-state index contributed by atoms with van der Waals surface area (Å²) in [5.74, 6) is 1.16. The van der Waals surface area contributed by atoms with Crippen molar-refractivity contribution in [2.45, 2.75) is 10.6 Å². The number of thioether (sulfide) groups is 1. The van der Waals surface area contributed by atoms with E-state index in [1.54, 1.807) is 37.2 Å². The number of rotatable bonds is 6. The lowest BCUT2D eigenvalue weighted by Crippen LogP contribution is -2.12. The summed E-state index contributed by atoms with van der Waals surface area (Å²) in [5, 5.41) is 3.55. The Hall–Kier alpha value is -2.50. The zero-order valence-electron chi connectivity index (χ0n) is 14.1. The Bertz CT molecular complexity index is 866. The third-order valence-electron chi connectivity index (χ3n) is 3.64. The van der Waals surface area contributed by atoms with Crippen molar-refractivity contribution < 1.29 is 9.53 Å². The van der Waals surface area contributed by atoms with Gasteiger partial charge in [0.1, 0.15) is 0 Å². The molecule has 3 rings (SSSR count). The number of nitrogens with zero attached hydrogens (tertiary/aromatic N) is 1. The molecular weight excluding hydrogens is 368 g/mol. The van der Waals surface area contributed by atoms with Crippen LogP contribution in [0.25, 0.3) is 0 Å². The van der Waals surface area contributed by atoms with E-state index in [0.717, 1.165) is 21.2 Å². The molecule has 0 saturated heterocycles. The van der Waals surface area contributed by atoms with Crippen molar-refractivity contribution in [1.82, 2.24) is 4.98 Å². The van der Waals surface area contributed by atoms with Crippen molar-refractivity contribution in [2.24, 2.45) is 0 Å². The molecule has 0 bridgehead atoms. The van der Waals surface area contributed by atoms with Crippen molar-refractivity contribution in [1.29, 1.82) is 0 Å². The molecule has 0 unspecified atom stereocenters. The van der Waals surface area contributed by atoms with Gasteiger partial charge in [-0.1, -0.05) is 23.7 Å². The molecule has 0 aliphatic rings. The van der Waals surface area contributed by atoms with Gasteiger partial charge in [0.25, 0.3) is 5.91 Å². The summed E-state index contributed by atoms with van der Waals surface area (Å²) < 4.78 is 5.00. The molecule has 1 N–H and O–H groups in total. The number of hydrogen-bond acceptors (Lipinski definition) is 4. The molecule has 4 nitrogen and oxygen atoms in total. The third-order valence-corrected chi connectivity index (χ3v) is 4.97. The fourth-order valence-corrected chi connectivity index (χ4v) is 3.21. The summed E-state index contributed by atoms with van der Waals surface area (Å²) in [7, 11) is 1.55. The number of halogens is 1. The monoisotopic (exact) mass is 384 g/mol. The van der Waals surface area contributed by atoms with Gasteiger partial charge in [-0.15, -0.1) is 11.8 Å². The van der Waals surface area contributed by atoms with Crippen LogP contribution in [0.1, 0.15) is 15.9 Å². The maximum Gasteiger partial charge on any atom is 0.255 e. The Morgan fingerprint density at radius 2 is 1.81 bits per heavy atom. The summed E-state index contributed by atoms with van der Waals surface area (Å²) in [4.78, 5) is 17.5. The van der Waals surface area contributed by atoms with E-state index < -0.39 is 0 Å². The zero-order valence-corrected chi connectivity index (χ0v) is 15.7. The van der Waals surface area contributed by atoms with E-state index >= 15 is 0 Å². The Morgan fingerprint density at radius 1 is 1.08 bits per heavy atom. The van der Waals surface area contributed by atoms with Gasteiger partial charge in [0.2, 0.25) is 5.88 Å². The average Bonchev–Trinajstić information content (AvgIpc) is 2.68. The second kappa shape index (κ2) is 8.74. The smallest absolute Gasteiger partial charge is 0.255 e. The van der Waals surface area contributed by atoms with Crippen LogP contribution in [0.2, 0.25) is 5.02 Å². The van der Waals surface area contributed by atoms with Crippen LogP contribution < -0.4 is 10.1 Å². The molecule has 0 aliphatic heterocycles. The molecule has 0 aliphatic carbocycles. The largest absolute Gasteiger partial charge is 0.481 e. The first-order valence-electron chi connectivity index (χ1n) is 7.93. The highest BCUT2D eigenvalue weighted by Gasteiger charge is 2.07. The summed E-state index contributed by atoms with van der Waals surface area (Å²) >= 11 is 7.62. The van der Waals surface area contributed by atoms with E-state index in [2.05, 4.69) is 10.3 Å². The van der Waals surface area contributed by atoms with Crippen LogP contribution in [-0.2, 0) is 5.75 Å². The van der Waals surface area contributed by atoms with Crippen molar-refractivity contribution >= 4 is 35.0 Å². The molecule has 6 heteroatoms. The lowest BCUT2D eigenvalue weighted by Gasteiger charge is -2.07. The summed E-state index contributed by atoms with van der Waals surface area (Å²) in [6, 6.07) is 18.8. The van der Waals surface area contributed by atoms with E-state index in [-0.39, 0.29) is 5.91 Å². The molecule has 0 atom stereocenters. The van der Waals surface area contributed by atoms with E-state index in [4.69, 9.17) is 16.3 Å². The highest BCUT2D eigenvalue weighted by atomic mass is 35.5. The van der Waals surface area contributed by atoms with Crippen LogP contribution in [0.15, 0.2) is 71.8 Å². The minimum Gasteiger partial charge on any atom is -0.481 e. The van der Waals surface area contributed by atoms with Crippen molar-refractivity contribution in [3.05, 3.63) is 83.0 Å². The van der Waals surface area contributed by atoms with Gasteiger partial charge in [-0.25, -0.2) is 4.98 Å². The summed E-state index contributed by atoms with van der Waals surface area (Å²) in [6.07, 6.45) is 1.56. The zero-order chi connectivity index (χ0) is 18.4. The van der Waals surface area contributed by atoms with Crippen LogP contribution >= 0.6 is 23.4 Å². The van der Waals surface area contributed by atoms with Crippen LogP contribution in [0.5, 0.6) is 5.88 Å². The molecule has 3 aromatic rings. The van der Waals surface area contributed by atoms with Gasteiger partial charge < -0.3 is 10.1 Å². The molecule has 0 spiro atoms. The number of amides is 1. The second-order valence-corrected chi connectivity index (χ2v) is 6.97. The van der Waals surface area contributed by atoms with E-state index in [0.29, 0.717) is 17.1 Å². The summed E-state index contributed by atoms with van der Waals surface area (Å²) in [5.41, 5.74) is 2.37. The Balaban J connectivity index is 1.57. The molecule has 1 heterocycles.